The first-order chi connectivity index (χ1) is 11.4. The predicted octanol–water partition coefficient (Wildman–Crippen LogP) is 2.74. The molecule has 0 saturated carbocycles. The van der Waals surface area contributed by atoms with Crippen molar-refractivity contribution in [2.24, 2.45) is 0 Å². The normalized spacial score (nSPS) is 10.3. The molecule has 128 valence electrons. The number of nitrogens with one attached hydrogen (secondary N) is 2. The van der Waals surface area contributed by atoms with Crippen LogP contribution < -0.4 is 15.6 Å². The molecule has 0 saturated heterocycles. The summed E-state index contributed by atoms with van der Waals surface area (Å²) in [4.78, 5) is 23.7. The van der Waals surface area contributed by atoms with E-state index in [9.17, 15) is 9.59 Å². The van der Waals surface area contributed by atoms with Crippen molar-refractivity contribution in [3.05, 3.63) is 52.5 Å². The molecule has 1 aromatic carbocycles. The van der Waals surface area contributed by atoms with Crippen LogP contribution in [0.5, 0.6) is 5.75 Å². The number of furan rings is 1. The van der Waals surface area contributed by atoms with Gasteiger partial charge in [-0.15, -0.1) is 0 Å². The van der Waals surface area contributed by atoms with E-state index in [4.69, 9.17) is 9.15 Å². The third-order valence-corrected chi connectivity index (χ3v) is 3.52. The van der Waals surface area contributed by atoms with E-state index in [1.165, 1.54) is 0 Å². The lowest BCUT2D eigenvalue weighted by Crippen LogP contribution is -2.42. The number of carbonyl (C=O) groups is 2. The van der Waals surface area contributed by atoms with Gasteiger partial charge in [-0.1, -0.05) is 17.7 Å². The molecule has 0 unspecified atom stereocenters. The van der Waals surface area contributed by atoms with Crippen molar-refractivity contribution in [3.63, 3.8) is 0 Å². The Balaban J connectivity index is 1.75. The second-order valence-electron chi connectivity index (χ2n) is 5.70. The first-order valence-corrected chi connectivity index (χ1v) is 7.73. The van der Waals surface area contributed by atoms with Gasteiger partial charge in [0.1, 0.15) is 17.3 Å². The quantitative estimate of drug-likeness (QED) is 0.826. The molecule has 6 nitrogen and oxygen atoms in total. The van der Waals surface area contributed by atoms with Crippen LogP contribution in [0, 0.1) is 27.7 Å². The Morgan fingerprint density at radius 3 is 2.46 bits per heavy atom. The number of hydrogen-bond acceptors (Lipinski definition) is 4. The van der Waals surface area contributed by atoms with Gasteiger partial charge in [-0.2, -0.15) is 0 Å². The molecule has 0 aliphatic carbocycles. The minimum atomic E-state index is -0.409. The van der Waals surface area contributed by atoms with Gasteiger partial charge in [0.15, 0.2) is 0 Å². The maximum atomic E-state index is 11.9. The highest BCUT2D eigenvalue weighted by Crippen LogP contribution is 2.18. The Kier molecular flexibility index (Phi) is 5.63. The van der Waals surface area contributed by atoms with Crippen LogP contribution in [-0.4, -0.2) is 18.4 Å². The van der Waals surface area contributed by atoms with E-state index in [0.717, 1.165) is 16.9 Å². The lowest BCUT2D eigenvalue weighted by atomic mass is 10.1. The van der Waals surface area contributed by atoms with E-state index in [1.807, 2.05) is 32.0 Å². The van der Waals surface area contributed by atoms with Crippen LogP contribution in [0.15, 0.2) is 28.7 Å². The molecule has 0 spiro atoms. The lowest BCUT2D eigenvalue weighted by Gasteiger charge is -2.10. The molecule has 0 fully saturated rings. The third-order valence-electron chi connectivity index (χ3n) is 3.52. The number of amides is 2. The van der Waals surface area contributed by atoms with Gasteiger partial charge in [-0.05, 0) is 45.4 Å². The second kappa shape index (κ2) is 7.68. The lowest BCUT2D eigenvalue weighted by molar-refractivity contribution is -0.122. The Hall–Kier alpha value is -2.76. The van der Waals surface area contributed by atoms with Gasteiger partial charge in [0.2, 0.25) is 5.91 Å². The molecule has 2 aromatic rings. The van der Waals surface area contributed by atoms with Crippen LogP contribution in [0.4, 0.5) is 0 Å². The van der Waals surface area contributed by atoms with Gasteiger partial charge >= 0.3 is 0 Å². The fourth-order valence-electron chi connectivity index (χ4n) is 2.33. The highest BCUT2D eigenvalue weighted by molar-refractivity contribution is 5.96. The van der Waals surface area contributed by atoms with Crippen LogP contribution in [0.1, 0.15) is 39.4 Å². The van der Waals surface area contributed by atoms with Gasteiger partial charge in [-0.25, -0.2) is 0 Å². The fourth-order valence-corrected chi connectivity index (χ4v) is 2.33. The smallest absolute Gasteiger partial charge is 0.273 e. The first-order valence-electron chi connectivity index (χ1n) is 7.73. The SMILES string of the molecule is Cc1ccc(OCCC(=O)NNC(=O)c2cc(C)oc2C)c(C)c1. The minimum Gasteiger partial charge on any atom is -0.493 e. The molecule has 1 aromatic heterocycles. The van der Waals surface area contributed by atoms with Crippen molar-refractivity contribution < 1.29 is 18.7 Å². The Morgan fingerprint density at radius 2 is 1.83 bits per heavy atom. The van der Waals surface area contributed by atoms with Crippen LogP contribution >= 0.6 is 0 Å². The molecular formula is C18H22N2O4. The summed E-state index contributed by atoms with van der Waals surface area (Å²) in [6, 6.07) is 7.48. The van der Waals surface area contributed by atoms with Crippen molar-refractivity contribution in [3.8, 4) is 5.75 Å². The van der Waals surface area contributed by atoms with E-state index in [0.29, 0.717) is 17.1 Å². The number of hydrazine groups is 1. The van der Waals surface area contributed by atoms with E-state index < -0.39 is 5.91 Å². The molecule has 1 heterocycles. The molecule has 6 heteroatoms. The van der Waals surface area contributed by atoms with Crippen LogP contribution in [0.2, 0.25) is 0 Å². The number of rotatable bonds is 5. The number of ether oxygens (including phenoxy) is 1. The summed E-state index contributed by atoms with van der Waals surface area (Å²) < 4.78 is 10.9. The van der Waals surface area contributed by atoms with Crippen LogP contribution in [0.3, 0.4) is 0 Å². The molecule has 2 N–H and O–H groups in total. The maximum Gasteiger partial charge on any atom is 0.273 e. The van der Waals surface area contributed by atoms with E-state index in [-0.39, 0.29) is 18.9 Å². The topological polar surface area (TPSA) is 80.6 Å². The minimum absolute atomic E-state index is 0.136. The number of aryl methyl sites for hydroxylation is 4. The maximum absolute atomic E-state index is 11.9. The molecule has 0 radical (unpaired) electrons. The Labute approximate surface area is 141 Å². The summed E-state index contributed by atoms with van der Waals surface area (Å²) in [5, 5.41) is 0. The van der Waals surface area contributed by atoms with Crippen LogP contribution in [0.25, 0.3) is 0 Å². The summed E-state index contributed by atoms with van der Waals surface area (Å²) in [5.41, 5.74) is 7.32. The van der Waals surface area contributed by atoms with Gasteiger partial charge in [0, 0.05) is 0 Å². The summed E-state index contributed by atoms with van der Waals surface area (Å²) in [6.45, 7) is 7.65. The monoisotopic (exact) mass is 330 g/mol. The average molecular weight is 330 g/mol. The molecule has 0 bridgehead atoms. The summed E-state index contributed by atoms with van der Waals surface area (Å²) in [6.07, 6.45) is 0.136. The van der Waals surface area contributed by atoms with Crippen molar-refractivity contribution in [2.75, 3.05) is 6.61 Å². The van der Waals surface area contributed by atoms with E-state index in [1.54, 1.807) is 19.9 Å². The summed E-state index contributed by atoms with van der Waals surface area (Å²) in [5.74, 6) is 1.17. The van der Waals surface area contributed by atoms with Crippen LogP contribution in [-0.2, 0) is 4.79 Å². The molecule has 24 heavy (non-hydrogen) atoms. The van der Waals surface area contributed by atoms with Crippen molar-refractivity contribution >= 4 is 11.8 Å². The third kappa shape index (κ3) is 4.62. The highest BCUT2D eigenvalue weighted by Gasteiger charge is 2.14. The van der Waals surface area contributed by atoms with Gasteiger partial charge in [0.25, 0.3) is 5.91 Å². The summed E-state index contributed by atoms with van der Waals surface area (Å²) >= 11 is 0. The second-order valence-corrected chi connectivity index (χ2v) is 5.70. The fraction of sp³-hybridized carbons (Fsp3) is 0.333. The standard InChI is InChI=1S/C18H22N2O4/c1-11-5-6-16(12(2)9-11)23-8-7-17(21)19-20-18(22)15-10-13(3)24-14(15)4/h5-6,9-10H,7-8H2,1-4H3,(H,19,21)(H,20,22). The molecule has 0 atom stereocenters. The Bertz CT molecular complexity index is 749. The molecule has 2 rings (SSSR count). The highest BCUT2D eigenvalue weighted by atomic mass is 16.5. The van der Waals surface area contributed by atoms with E-state index >= 15 is 0 Å². The van der Waals surface area contributed by atoms with Gasteiger partial charge in [-0.3, -0.25) is 20.4 Å². The number of carbonyl (C=O) groups excluding carboxylic acids is 2. The zero-order valence-electron chi connectivity index (χ0n) is 14.4. The number of benzene rings is 1. The van der Waals surface area contributed by atoms with Crippen molar-refractivity contribution in [1.82, 2.24) is 10.9 Å². The molecule has 0 aliphatic heterocycles. The molecule has 2 amide bonds. The zero-order valence-corrected chi connectivity index (χ0v) is 14.4. The molecular weight excluding hydrogens is 308 g/mol. The van der Waals surface area contributed by atoms with E-state index in [2.05, 4.69) is 10.9 Å². The zero-order chi connectivity index (χ0) is 17.7. The number of hydrogen-bond donors (Lipinski definition) is 2. The van der Waals surface area contributed by atoms with Gasteiger partial charge < -0.3 is 9.15 Å². The van der Waals surface area contributed by atoms with Crippen molar-refractivity contribution in [2.45, 2.75) is 34.1 Å². The first kappa shape index (κ1) is 17.6. The van der Waals surface area contributed by atoms with Gasteiger partial charge in [0.05, 0.1) is 18.6 Å². The Morgan fingerprint density at radius 1 is 1.08 bits per heavy atom. The molecule has 0 aliphatic rings. The summed E-state index contributed by atoms with van der Waals surface area (Å²) in [7, 11) is 0. The largest absolute Gasteiger partial charge is 0.493 e. The predicted molar refractivity (Wildman–Crippen MR) is 89.8 cm³/mol. The van der Waals surface area contributed by atoms with Crippen molar-refractivity contribution in [1.29, 1.82) is 0 Å². The average Bonchev–Trinajstić information content (AvgIpc) is 2.86.